The smallest absolute Gasteiger partial charge is 0.220 e. The summed E-state index contributed by atoms with van der Waals surface area (Å²) in [6, 6.07) is 0. The van der Waals surface area contributed by atoms with Gasteiger partial charge in [0.2, 0.25) is 5.91 Å². The first-order valence-corrected chi connectivity index (χ1v) is 7.74. The number of carbonyl (C=O) groups excluding carboxylic acids is 1. The summed E-state index contributed by atoms with van der Waals surface area (Å²) in [5, 5.41) is 3.09. The highest BCUT2D eigenvalue weighted by atomic mass is 16.1. The second kappa shape index (κ2) is 9.37. The highest BCUT2D eigenvalue weighted by Crippen LogP contribution is 2.30. The van der Waals surface area contributed by atoms with Crippen LogP contribution in [0.2, 0.25) is 0 Å². The summed E-state index contributed by atoms with van der Waals surface area (Å²) in [5.74, 6) is 1.49. The van der Waals surface area contributed by atoms with Crippen molar-refractivity contribution in [1.29, 1.82) is 0 Å². The lowest BCUT2D eigenvalue weighted by molar-refractivity contribution is -0.121. The molecule has 0 bridgehead atoms. The van der Waals surface area contributed by atoms with Crippen LogP contribution in [0.3, 0.4) is 0 Å². The summed E-state index contributed by atoms with van der Waals surface area (Å²) >= 11 is 0. The maximum absolute atomic E-state index is 11.7. The van der Waals surface area contributed by atoms with Gasteiger partial charge in [-0.1, -0.05) is 39.0 Å². The Hall–Kier alpha value is -0.570. The van der Waals surface area contributed by atoms with Crippen LogP contribution in [0.15, 0.2) is 0 Å². The SMILES string of the molecule is CCCCCCCC(=O)NCC1CCCC1CN. The van der Waals surface area contributed by atoms with Crippen LogP contribution in [0.1, 0.15) is 64.7 Å². The molecule has 0 heterocycles. The fourth-order valence-electron chi connectivity index (χ4n) is 2.92. The number of hydrogen-bond donors (Lipinski definition) is 2. The lowest BCUT2D eigenvalue weighted by atomic mass is 9.96. The molecule has 1 fully saturated rings. The van der Waals surface area contributed by atoms with Crippen molar-refractivity contribution in [2.45, 2.75) is 64.7 Å². The number of unbranched alkanes of at least 4 members (excludes halogenated alkanes) is 4. The van der Waals surface area contributed by atoms with Crippen molar-refractivity contribution in [2.75, 3.05) is 13.1 Å². The molecule has 1 amide bonds. The number of amides is 1. The highest BCUT2D eigenvalue weighted by Gasteiger charge is 2.25. The van der Waals surface area contributed by atoms with E-state index in [1.165, 1.54) is 44.9 Å². The van der Waals surface area contributed by atoms with Crippen molar-refractivity contribution in [2.24, 2.45) is 17.6 Å². The third-order valence-corrected chi connectivity index (χ3v) is 4.19. The summed E-state index contributed by atoms with van der Waals surface area (Å²) in [5.41, 5.74) is 5.74. The summed E-state index contributed by atoms with van der Waals surface area (Å²) in [6.07, 6.45) is 10.5. The van der Waals surface area contributed by atoms with Crippen molar-refractivity contribution in [1.82, 2.24) is 5.32 Å². The number of nitrogens with one attached hydrogen (secondary N) is 1. The van der Waals surface area contributed by atoms with Gasteiger partial charge in [0.15, 0.2) is 0 Å². The van der Waals surface area contributed by atoms with E-state index in [4.69, 9.17) is 5.73 Å². The minimum absolute atomic E-state index is 0.231. The number of rotatable bonds is 9. The van der Waals surface area contributed by atoms with Gasteiger partial charge in [0.1, 0.15) is 0 Å². The van der Waals surface area contributed by atoms with Crippen LogP contribution in [-0.2, 0) is 4.79 Å². The number of nitrogens with two attached hydrogens (primary N) is 1. The summed E-state index contributed by atoms with van der Waals surface area (Å²) in [4.78, 5) is 11.7. The lowest BCUT2D eigenvalue weighted by Crippen LogP contribution is -2.32. The Morgan fingerprint density at radius 1 is 1.17 bits per heavy atom. The summed E-state index contributed by atoms with van der Waals surface area (Å²) in [7, 11) is 0. The molecule has 0 aromatic carbocycles. The normalized spacial score (nSPS) is 23.2. The Kier molecular flexibility index (Phi) is 8.06. The molecule has 1 saturated carbocycles. The summed E-state index contributed by atoms with van der Waals surface area (Å²) < 4.78 is 0. The molecule has 2 unspecified atom stereocenters. The van der Waals surface area contributed by atoms with Gasteiger partial charge in [-0.2, -0.15) is 0 Å². The number of hydrogen-bond acceptors (Lipinski definition) is 2. The second-order valence-corrected chi connectivity index (χ2v) is 5.66. The van der Waals surface area contributed by atoms with E-state index < -0.39 is 0 Å². The molecule has 3 heteroatoms. The standard InChI is InChI=1S/C15H30N2O/c1-2-3-4-5-6-10-15(18)17-12-14-9-7-8-13(14)11-16/h13-14H,2-12,16H2,1H3,(H,17,18). The van der Waals surface area contributed by atoms with Crippen LogP contribution in [0.25, 0.3) is 0 Å². The zero-order valence-electron chi connectivity index (χ0n) is 11.9. The van der Waals surface area contributed by atoms with E-state index in [0.29, 0.717) is 18.3 Å². The molecule has 0 aromatic heterocycles. The molecule has 1 aliphatic rings. The largest absolute Gasteiger partial charge is 0.356 e. The average molecular weight is 254 g/mol. The first kappa shape index (κ1) is 15.5. The third kappa shape index (κ3) is 5.85. The second-order valence-electron chi connectivity index (χ2n) is 5.66. The Morgan fingerprint density at radius 3 is 2.61 bits per heavy atom. The molecule has 0 aliphatic heterocycles. The van der Waals surface area contributed by atoms with Crippen LogP contribution in [0.4, 0.5) is 0 Å². The first-order valence-electron chi connectivity index (χ1n) is 7.74. The molecule has 3 N–H and O–H groups in total. The molecule has 106 valence electrons. The van der Waals surface area contributed by atoms with Gasteiger partial charge < -0.3 is 11.1 Å². The van der Waals surface area contributed by atoms with Crippen molar-refractivity contribution < 1.29 is 4.79 Å². The molecule has 18 heavy (non-hydrogen) atoms. The molecule has 0 aromatic rings. The van der Waals surface area contributed by atoms with E-state index in [-0.39, 0.29) is 5.91 Å². The fraction of sp³-hybridized carbons (Fsp3) is 0.933. The Balaban J connectivity index is 2.02. The highest BCUT2D eigenvalue weighted by molar-refractivity contribution is 5.75. The van der Waals surface area contributed by atoms with E-state index in [2.05, 4.69) is 12.2 Å². The molecule has 1 aliphatic carbocycles. The van der Waals surface area contributed by atoms with E-state index >= 15 is 0 Å². The van der Waals surface area contributed by atoms with Crippen LogP contribution in [0, 0.1) is 11.8 Å². The lowest BCUT2D eigenvalue weighted by Gasteiger charge is -2.18. The number of carbonyl (C=O) groups is 1. The molecule has 2 atom stereocenters. The quantitative estimate of drug-likeness (QED) is 0.622. The van der Waals surface area contributed by atoms with Gasteiger partial charge >= 0.3 is 0 Å². The third-order valence-electron chi connectivity index (χ3n) is 4.19. The predicted octanol–water partition coefficient (Wildman–Crippen LogP) is 2.84. The van der Waals surface area contributed by atoms with E-state index in [1.54, 1.807) is 0 Å². The van der Waals surface area contributed by atoms with E-state index in [1.807, 2.05) is 0 Å². The maximum Gasteiger partial charge on any atom is 0.220 e. The predicted molar refractivity (Wildman–Crippen MR) is 76.3 cm³/mol. The van der Waals surface area contributed by atoms with Crippen molar-refractivity contribution in [3.8, 4) is 0 Å². The van der Waals surface area contributed by atoms with Crippen molar-refractivity contribution >= 4 is 5.91 Å². The van der Waals surface area contributed by atoms with E-state index in [0.717, 1.165) is 19.5 Å². The van der Waals surface area contributed by atoms with Gasteiger partial charge in [0.25, 0.3) is 0 Å². The topological polar surface area (TPSA) is 55.1 Å². The van der Waals surface area contributed by atoms with Crippen molar-refractivity contribution in [3.05, 3.63) is 0 Å². The van der Waals surface area contributed by atoms with Gasteiger partial charge in [-0.25, -0.2) is 0 Å². The molecule has 0 spiro atoms. The van der Waals surface area contributed by atoms with Crippen LogP contribution in [-0.4, -0.2) is 19.0 Å². The van der Waals surface area contributed by atoms with E-state index in [9.17, 15) is 4.79 Å². The Morgan fingerprint density at radius 2 is 1.89 bits per heavy atom. The zero-order valence-corrected chi connectivity index (χ0v) is 11.9. The fourth-order valence-corrected chi connectivity index (χ4v) is 2.92. The van der Waals surface area contributed by atoms with Crippen LogP contribution >= 0.6 is 0 Å². The zero-order chi connectivity index (χ0) is 13.2. The van der Waals surface area contributed by atoms with Gasteiger partial charge in [-0.15, -0.1) is 0 Å². The molecule has 0 radical (unpaired) electrons. The first-order chi connectivity index (χ1) is 8.77. The maximum atomic E-state index is 11.7. The molecule has 0 saturated heterocycles. The molecular weight excluding hydrogens is 224 g/mol. The molecular formula is C15H30N2O. The molecule has 3 nitrogen and oxygen atoms in total. The minimum Gasteiger partial charge on any atom is -0.356 e. The molecule has 1 rings (SSSR count). The average Bonchev–Trinajstić information content (AvgIpc) is 2.83. The minimum atomic E-state index is 0.231. The summed E-state index contributed by atoms with van der Waals surface area (Å²) in [6.45, 7) is 3.83. The Bertz CT molecular complexity index is 231. The van der Waals surface area contributed by atoms with Gasteiger partial charge in [0.05, 0.1) is 0 Å². The van der Waals surface area contributed by atoms with Crippen LogP contribution < -0.4 is 11.1 Å². The van der Waals surface area contributed by atoms with Gasteiger partial charge in [-0.05, 0) is 37.6 Å². The van der Waals surface area contributed by atoms with Gasteiger partial charge in [-0.3, -0.25) is 4.79 Å². The van der Waals surface area contributed by atoms with Crippen LogP contribution in [0.5, 0.6) is 0 Å². The monoisotopic (exact) mass is 254 g/mol. The van der Waals surface area contributed by atoms with Gasteiger partial charge in [0, 0.05) is 13.0 Å². The van der Waals surface area contributed by atoms with Crippen molar-refractivity contribution in [3.63, 3.8) is 0 Å². The Labute approximate surface area is 112 Å².